The van der Waals surface area contributed by atoms with Crippen LogP contribution in [0.4, 0.5) is 0 Å². The number of pyridine rings is 1. The normalized spacial score (nSPS) is 13.1. The molecule has 0 spiro atoms. The van der Waals surface area contributed by atoms with Gasteiger partial charge in [0, 0.05) is 11.6 Å². The van der Waals surface area contributed by atoms with E-state index in [0.29, 0.717) is 0 Å². The first kappa shape index (κ1) is 10.8. The second-order valence-corrected chi connectivity index (χ2v) is 5.57. The van der Waals surface area contributed by atoms with Gasteiger partial charge in [0.05, 0.1) is 6.04 Å². The molecular weight excluding hydrogens is 252 g/mol. The number of nitrogens with two attached hydrogens (primary N) is 1. The highest BCUT2D eigenvalue weighted by atomic mass is 32.1. The van der Waals surface area contributed by atoms with E-state index in [-0.39, 0.29) is 6.04 Å². The fourth-order valence-electron chi connectivity index (χ4n) is 1.47. The Morgan fingerprint density at radius 1 is 1.35 bits per heavy atom. The molecule has 3 rings (SSSR count). The molecule has 0 saturated heterocycles. The number of hydrogen-bond acceptors (Lipinski definition) is 6. The summed E-state index contributed by atoms with van der Waals surface area (Å²) in [5.41, 5.74) is 7.61. The van der Waals surface area contributed by atoms with Crippen molar-refractivity contribution < 1.29 is 0 Å². The highest BCUT2D eigenvalue weighted by molar-refractivity contribution is 7.21. The van der Waals surface area contributed by atoms with Crippen LogP contribution in [0, 0.1) is 0 Å². The van der Waals surface area contributed by atoms with Gasteiger partial charge in [-0.1, -0.05) is 11.3 Å². The number of rotatable bonds is 2. The van der Waals surface area contributed by atoms with Crippen LogP contribution in [-0.4, -0.2) is 15.0 Å². The molecule has 1 atom stereocenters. The van der Waals surface area contributed by atoms with Gasteiger partial charge in [0.2, 0.25) is 0 Å². The highest BCUT2D eigenvalue weighted by Crippen LogP contribution is 2.30. The lowest BCUT2D eigenvalue weighted by Gasteiger charge is -1.96. The minimum absolute atomic E-state index is 0.0266. The van der Waals surface area contributed by atoms with Gasteiger partial charge < -0.3 is 5.73 Å². The molecule has 17 heavy (non-hydrogen) atoms. The van der Waals surface area contributed by atoms with Crippen molar-refractivity contribution in [1.29, 1.82) is 0 Å². The molecule has 0 amide bonds. The number of fused-ring (bicyclic) bond motifs is 1. The number of hydrogen-bond donors (Lipinski definition) is 1. The summed E-state index contributed by atoms with van der Waals surface area (Å²) < 4.78 is 0. The molecule has 0 bridgehead atoms. The molecule has 1 unspecified atom stereocenters. The summed E-state index contributed by atoms with van der Waals surface area (Å²) in [6.45, 7) is 1.93. The molecule has 0 fully saturated rings. The summed E-state index contributed by atoms with van der Waals surface area (Å²) in [5, 5.41) is 3.84. The van der Waals surface area contributed by atoms with Gasteiger partial charge in [0.1, 0.15) is 26.1 Å². The SMILES string of the molecule is CC(N)c1nc(-c2nc3cccnc3s2)cs1. The van der Waals surface area contributed by atoms with Crippen LogP contribution in [0.3, 0.4) is 0 Å². The van der Waals surface area contributed by atoms with Crippen molar-refractivity contribution in [2.45, 2.75) is 13.0 Å². The number of aromatic nitrogens is 3. The average Bonchev–Trinajstić information content (AvgIpc) is 2.95. The predicted octanol–water partition coefficient (Wildman–Crippen LogP) is 2.83. The van der Waals surface area contributed by atoms with E-state index in [0.717, 1.165) is 26.1 Å². The van der Waals surface area contributed by atoms with Crippen molar-refractivity contribution in [3.05, 3.63) is 28.7 Å². The van der Waals surface area contributed by atoms with E-state index in [4.69, 9.17) is 5.73 Å². The van der Waals surface area contributed by atoms with Crippen LogP contribution in [0.15, 0.2) is 23.7 Å². The van der Waals surface area contributed by atoms with Gasteiger partial charge in [-0.15, -0.1) is 11.3 Å². The molecular formula is C11H10N4S2. The lowest BCUT2D eigenvalue weighted by atomic mass is 10.4. The molecule has 86 valence electrons. The summed E-state index contributed by atoms with van der Waals surface area (Å²) in [4.78, 5) is 14.2. The third kappa shape index (κ3) is 1.95. The molecule has 0 aliphatic rings. The molecule has 0 aliphatic carbocycles. The average molecular weight is 262 g/mol. The van der Waals surface area contributed by atoms with Gasteiger partial charge in [-0.3, -0.25) is 0 Å². The fraction of sp³-hybridized carbons (Fsp3) is 0.182. The van der Waals surface area contributed by atoms with Crippen LogP contribution in [-0.2, 0) is 0 Å². The molecule has 0 radical (unpaired) electrons. The van der Waals surface area contributed by atoms with E-state index in [1.165, 1.54) is 0 Å². The van der Waals surface area contributed by atoms with Gasteiger partial charge in [-0.05, 0) is 19.1 Å². The first-order valence-electron chi connectivity index (χ1n) is 5.17. The van der Waals surface area contributed by atoms with Crippen LogP contribution >= 0.6 is 22.7 Å². The van der Waals surface area contributed by atoms with Crippen molar-refractivity contribution >= 4 is 33.0 Å². The molecule has 0 aliphatic heterocycles. The van der Waals surface area contributed by atoms with Gasteiger partial charge in [0.25, 0.3) is 0 Å². The maximum absolute atomic E-state index is 5.80. The van der Waals surface area contributed by atoms with E-state index in [1.807, 2.05) is 24.4 Å². The molecule has 6 heteroatoms. The first-order chi connectivity index (χ1) is 8.24. The zero-order valence-electron chi connectivity index (χ0n) is 9.12. The van der Waals surface area contributed by atoms with Crippen LogP contribution < -0.4 is 5.73 Å². The molecule has 3 aromatic heterocycles. The van der Waals surface area contributed by atoms with Crippen LogP contribution in [0.5, 0.6) is 0 Å². The molecule has 4 nitrogen and oxygen atoms in total. The number of nitrogens with zero attached hydrogens (tertiary/aromatic N) is 3. The van der Waals surface area contributed by atoms with Gasteiger partial charge in [-0.25, -0.2) is 15.0 Å². The van der Waals surface area contributed by atoms with Gasteiger partial charge in [-0.2, -0.15) is 0 Å². The minimum atomic E-state index is -0.0266. The molecule has 3 aromatic rings. The Morgan fingerprint density at radius 3 is 2.94 bits per heavy atom. The third-order valence-electron chi connectivity index (χ3n) is 2.30. The molecule has 2 N–H and O–H groups in total. The monoisotopic (exact) mass is 262 g/mol. The van der Waals surface area contributed by atoms with Crippen molar-refractivity contribution in [3.63, 3.8) is 0 Å². The van der Waals surface area contributed by atoms with Gasteiger partial charge in [0.15, 0.2) is 0 Å². The Balaban J connectivity index is 2.07. The standard InChI is InChI=1S/C11H10N4S2/c1-6(12)9-15-8(5-16-9)11-14-7-3-2-4-13-10(7)17-11/h2-6H,12H2,1H3. The Morgan fingerprint density at radius 2 is 2.24 bits per heavy atom. The quantitative estimate of drug-likeness (QED) is 0.771. The summed E-state index contributed by atoms with van der Waals surface area (Å²) in [6, 6.07) is 3.82. The molecule has 3 heterocycles. The predicted molar refractivity (Wildman–Crippen MR) is 71.1 cm³/mol. The lowest BCUT2D eigenvalue weighted by molar-refractivity contribution is 0.808. The summed E-state index contributed by atoms with van der Waals surface area (Å²) in [5.74, 6) is 0. The van der Waals surface area contributed by atoms with Crippen LogP contribution in [0.25, 0.3) is 21.0 Å². The van der Waals surface area contributed by atoms with Crippen LogP contribution in [0.1, 0.15) is 18.0 Å². The van der Waals surface area contributed by atoms with Crippen molar-refractivity contribution in [2.24, 2.45) is 5.73 Å². The number of thiazole rings is 2. The lowest BCUT2D eigenvalue weighted by Crippen LogP contribution is -2.03. The molecule has 0 saturated carbocycles. The van der Waals surface area contributed by atoms with Crippen molar-refractivity contribution in [2.75, 3.05) is 0 Å². The third-order valence-corrected chi connectivity index (χ3v) is 4.34. The van der Waals surface area contributed by atoms with Crippen molar-refractivity contribution in [1.82, 2.24) is 15.0 Å². The largest absolute Gasteiger partial charge is 0.322 e. The van der Waals surface area contributed by atoms with E-state index < -0.39 is 0 Å². The Labute approximate surface area is 106 Å². The van der Waals surface area contributed by atoms with E-state index in [9.17, 15) is 0 Å². The summed E-state index contributed by atoms with van der Waals surface area (Å²) in [6.07, 6.45) is 1.78. The van der Waals surface area contributed by atoms with E-state index >= 15 is 0 Å². The summed E-state index contributed by atoms with van der Waals surface area (Å²) >= 11 is 3.13. The van der Waals surface area contributed by atoms with Crippen LogP contribution in [0.2, 0.25) is 0 Å². The van der Waals surface area contributed by atoms with Gasteiger partial charge >= 0.3 is 0 Å². The Bertz CT molecular complexity index is 623. The smallest absolute Gasteiger partial charge is 0.145 e. The molecule has 0 aromatic carbocycles. The second kappa shape index (κ2) is 4.14. The van der Waals surface area contributed by atoms with E-state index in [1.54, 1.807) is 28.9 Å². The topological polar surface area (TPSA) is 64.7 Å². The Hall–Kier alpha value is -1.37. The highest BCUT2D eigenvalue weighted by Gasteiger charge is 2.12. The summed E-state index contributed by atoms with van der Waals surface area (Å²) in [7, 11) is 0. The maximum atomic E-state index is 5.80. The minimum Gasteiger partial charge on any atom is -0.322 e. The maximum Gasteiger partial charge on any atom is 0.145 e. The zero-order chi connectivity index (χ0) is 11.8. The zero-order valence-corrected chi connectivity index (χ0v) is 10.8. The van der Waals surface area contributed by atoms with E-state index in [2.05, 4.69) is 15.0 Å². The fourth-order valence-corrected chi connectivity index (χ4v) is 3.18. The second-order valence-electron chi connectivity index (χ2n) is 3.71. The first-order valence-corrected chi connectivity index (χ1v) is 6.86. The Kier molecular flexibility index (Phi) is 2.62. The van der Waals surface area contributed by atoms with Crippen molar-refractivity contribution in [3.8, 4) is 10.7 Å².